The summed E-state index contributed by atoms with van der Waals surface area (Å²) < 4.78 is 3.94. The zero-order valence-corrected chi connectivity index (χ0v) is 18.5. The third-order valence-electron chi connectivity index (χ3n) is 6.20. The van der Waals surface area contributed by atoms with Crippen LogP contribution in [0.5, 0.6) is 0 Å². The van der Waals surface area contributed by atoms with Gasteiger partial charge < -0.3 is 25.5 Å². The number of imidazole rings is 1. The Balaban J connectivity index is 1.42. The fourth-order valence-electron chi connectivity index (χ4n) is 4.27. The number of nitrogens with one attached hydrogen (secondary N) is 3. The minimum absolute atomic E-state index is 0.207. The molecule has 2 atom stereocenters. The summed E-state index contributed by atoms with van der Waals surface area (Å²) in [5.74, 6) is 2.17. The molecule has 0 saturated carbocycles. The lowest BCUT2D eigenvalue weighted by Crippen LogP contribution is -2.43. The SMILES string of the molecule is CC(C)c1cnn2c(NCc3cnc4ccccn34)cc(NC[C@H]3CCNC[C@@H]3O)nc12. The van der Waals surface area contributed by atoms with Gasteiger partial charge >= 0.3 is 0 Å². The van der Waals surface area contributed by atoms with Crippen molar-refractivity contribution in [1.29, 1.82) is 0 Å². The second-order valence-electron chi connectivity index (χ2n) is 8.75. The van der Waals surface area contributed by atoms with Gasteiger partial charge in [0.1, 0.15) is 17.3 Å². The Morgan fingerprint density at radius 2 is 2.16 bits per heavy atom. The van der Waals surface area contributed by atoms with Crippen LogP contribution in [0.25, 0.3) is 11.3 Å². The highest BCUT2D eigenvalue weighted by Gasteiger charge is 2.23. The lowest BCUT2D eigenvalue weighted by atomic mass is 9.95. The van der Waals surface area contributed by atoms with E-state index in [-0.39, 0.29) is 12.0 Å². The van der Waals surface area contributed by atoms with E-state index in [2.05, 4.69) is 44.3 Å². The molecule has 1 aliphatic rings. The summed E-state index contributed by atoms with van der Waals surface area (Å²) in [6.07, 6.45) is 6.41. The van der Waals surface area contributed by atoms with Crippen molar-refractivity contribution in [1.82, 2.24) is 29.3 Å². The first-order chi connectivity index (χ1) is 15.6. The van der Waals surface area contributed by atoms with E-state index in [0.29, 0.717) is 25.6 Å². The Morgan fingerprint density at radius 3 is 3.00 bits per heavy atom. The number of piperidine rings is 1. The predicted octanol–water partition coefficient (Wildman–Crippen LogP) is 2.49. The van der Waals surface area contributed by atoms with E-state index < -0.39 is 0 Å². The maximum Gasteiger partial charge on any atom is 0.163 e. The fourth-order valence-corrected chi connectivity index (χ4v) is 4.27. The number of rotatable bonds is 7. The molecule has 0 spiro atoms. The first-order valence-corrected chi connectivity index (χ1v) is 11.3. The average molecular weight is 435 g/mol. The fraction of sp³-hybridized carbons (Fsp3) is 0.435. The lowest BCUT2D eigenvalue weighted by Gasteiger charge is -2.28. The van der Waals surface area contributed by atoms with Crippen molar-refractivity contribution < 1.29 is 5.11 Å². The third kappa shape index (κ3) is 4.01. The highest BCUT2D eigenvalue weighted by molar-refractivity contribution is 5.61. The molecule has 0 bridgehead atoms. The quantitative estimate of drug-likeness (QED) is 0.354. The Labute approximate surface area is 186 Å². The Kier molecular flexibility index (Phi) is 5.67. The molecule has 0 aromatic carbocycles. The zero-order valence-electron chi connectivity index (χ0n) is 18.5. The van der Waals surface area contributed by atoms with E-state index in [1.807, 2.05) is 47.4 Å². The van der Waals surface area contributed by atoms with Gasteiger partial charge in [0.2, 0.25) is 0 Å². The number of aromatic nitrogens is 5. The smallest absolute Gasteiger partial charge is 0.163 e. The van der Waals surface area contributed by atoms with Crippen LogP contribution >= 0.6 is 0 Å². The first kappa shape index (κ1) is 20.7. The van der Waals surface area contributed by atoms with Gasteiger partial charge in [-0.3, -0.25) is 0 Å². The minimum Gasteiger partial charge on any atom is -0.391 e. The van der Waals surface area contributed by atoms with Gasteiger partial charge in [0.15, 0.2) is 5.65 Å². The van der Waals surface area contributed by atoms with E-state index >= 15 is 0 Å². The van der Waals surface area contributed by atoms with Gasteiger partial charge in [-0.05, 0) is 31.0 Å². The van der Waals surface area contributed by atoms with Crippen molar-refractivity contribution >= 4 is 22.9 Å². The molecular weight excluding hydrogens is 404 g/mol. The maximum absolute atomic E-state index is 10.3. The van der Waals surface area contributed by atoms with E-state index in [4.69, 9.17) is 4.98 Å². The average Bonchev–Trinajstić information content (AvgIpc) is 3.41. The van der Waals surface area contributed by atoms with Gasteiger partial charge in [-0.25, -0.2) is 9.97 Å². The summed E-state index contributed by atoms with van der Waals surface area (Å²) in [4.78, 5) is 9.33. The number of hydrogen-bond donors (Lipinski definition) is 4. The van der Waals surface area contributed by atoms with E-state index in [1.54, 1.807) is 0 Å². The van der Waals surface area contributed by atoms with Crippen LogP contribution in [-0.2, 0) is 6.54 Å². The van der Waals surface area contributed by atoms with Gasteiger partial charge in [-0.15, -0.1) is 0 Å². The summed E-state index contributed by atoms with van der Waals surface area (Å²) in [7, 11) is 0. The summed E-state index contributed by atoms with van der Waals surface area (Å²) in [5, 5.41) is 25.1. The Hall–Kier alpha value is -3.17. The van der Waals surface area contributed by atoms with Gasteiger partial charge in [0.25, 0.3) is 0 Å². The molecule has 0 radical (unpaired) electrons. The van der Waals surface area contributed by atoms with Crippen molar-refractivity contribution in [2.45, 2.75) is 38.8 Å². The van der Waals surface area contributed by atoms with Crippen molar-refractivity contribution in [3.05, 3.63) is 54.1 Å². The van der Waals surface area contributed by atoms with Crippen molar-refractivity contribution in [3.8, 4) is 0 Å². The van der Waals surface area contributed by atoms with E-state index in [0.717, 1.165) is 47.2 Å². The highest BCUT2D eigenvalue weighted by atomic mass is 16.3. The Morgan fingerprint density at radius 1 is 1.25 bits per heavy atom. The van der Waals surface area contributed by atoms with Crippen LogP contribution in [0.15, 0.2) is 42.9 Å². The van der Waals surface area contributed by atoms with Crippen molar-refractivity contribution in [2.75, 3.05) is 30.3 Å². The van der Waals surface area contributed by atoms with Crippen LogP contribution in [0.4, 0.5) is 11.6 Å². The summed E-state index contributed by atoms with van der Waals surface area (Å²) in [6, 6.07) is 7.97. The molecule has 1 saturated heterocycles. The Bertz CT molecular complexity index is 1210. The monoisotopic (exact) mass is 434 g/mol. The normalized spacial score (nSPS) is 19.1. The molecule has 0 unspecified atom stereocenters. The summed E-state index contributed by atoms with van der Waals surface area (Å²) >= 11 is 0. The summed E-state index contributed by atoms with van der Waals surface area (Å²) in [6.45, 7) is 7.16. The van der Waals surface area contributed by atoms with Gasteiger partial charge in [0.05, 0.1) is 30.7 Å². The largest absolute Gasteiger partial charge is 0.391 e. The number of pyridine rings is 1. The van der Waals surface area contributed by atoms with E-state index in [9.17, 15) is 5.11 Å². The topological polar surface area (TPSA) is 104 Å². The molecular formula is C23H30N8O. The van der Waals surface area contributed by atoms with Gasteiger partial charge in [0, 0.05) is 36.8 Å². The second kappa shape index (κ2) is 8.76. The standard InChI is InChI=1S/C23H30N8O/c1-15(2)18-13-28-31-22(27-12-17-11-26-21-5-3-4-8-30(17)21)9-20(29-23(18)31)25-10-16-6-7-24-14-19(16)32/h3-5,8-9,11,13,15-16,19,24,27,32H,6-7,10,12,14H2,1-2H3,(H,25,29)/t16-,19+/m1/s1. The molecule has 4 N–H and O–H groups in total. The van der Waals surface area contributed by atoms with Crippen molar-refractivity contribution in [2.24, 2.45) is 5.92 Å². The van der Waals surface area contributed by atoms with Crippen LogP contribution in [0.1, 0.15) is 37.4 Å². The van der Waals surface area contributed by atoms with Gasteiger partial charge in [-0.2, -0.15) is 9.61 Å². The van der Waals surface area contributed by atoms with Crippen LogP contribution in [0.3, 0.4) is 0 Å². The highest BCUT2D eigenvalue weighted by Crippen LogP contribution is 2.25. The molecule has 9 nitrogen and oxygen atoms in total. The molecule has 168 valence electrons. The number of anilines is 2. The predicted molar refractivity (Wildman–Crippen MR) is 125 cm³/mol. The van der Waals surface area contributed by atoms with Crippen LogP contribution in [-0.4, -0.2) is 54.8 Å². The maximum atomic E-state index is 10.3. The number of aliphatic hydroxyl groups is 1. The molecule has 0 aliphatic carbocycles. The summed E-state index contributed by atoms with van der Waals surface area (Å²) in [5.41, 5.74) is 3.94. The number of nitrogens with zero attached hydrogens (tertiary/aromatic N) is 5. The molecule has 5 heterocycles. The molecule has 32 heavy (non-hydrogen) atoms. The molecule has 9 heteroatoms. The van der Waals surface area contributed by atoms with Crippen LogP contribution < -0.4 is 16.0 Å². The van der Waals surface area contributed by atoms with Crippen LogP contribution in [0, 0.1) is 5.92 Å². The van der Waals surface area contributed by atoms with Crippen LogP contribution in [0.2, 0.25) is 0 Å². The molecule has 0 amide bonds. The number of aliphatic hydroxyl groups excluding tert-OH is 1. The molecule has 1 fully saturated rings. The second-order valence-corrected chi connectivity index (χ2v) is 8.75. The zero-order chi connectivity index (χ0) is 22.1. The molecule has 4 aromatic rings. The third-order valence-corrected chi connectivity index (χ3v) is 6.20. The molecule has 5 rings (SSSR count). The lowest BCUT2D eigenvalue weighted by molar-refractivity contribution is 0.0883. The number of fused-ring (bicyclic) bond motifs is 2. The number of hydrogen-bond acceptors (Lipinski definition) is 7. The van der Waals surface area contributed by atoms with Crippen molar-refractivity contribution in [3.63, 3.8) is 0 Å². The first-order valence-electron chi connectivity index (χ1n) is 11.3. The minimum atomic E-state index is -0.339. The molecule has 4 aromatic heterocycles. The number of β-amino-alcohol motifs (C(OH)–C–C–N with tert-alkyl or cyclic N) is 1. The van der Waals surface area contributed by atoms with Gasteiger partial charge in [-0.1, -0.05) is 19.9 Å². The van der Waals surface area contributed by atoms with E-state index in [1.165, 1.54) is 0 Å². The molecule has 1 aliphatic heterocycles.